The molecule has 0 aliphatic rings. The topological polar surface area (TPSA) is 30.5 Å². The van der Waals surface area contributed by atoms with E-state index in [2.05, 4.69) is 18.3 Å². The lowest BCUT2D eigenvalue weighted by Crippen LogP contribution is -2.20. The molecule has 0 radical (unpaired) electrons. The van der Waals surface area contributed by atoms with Crippen LogP contribution < -0.4 is 10.1 Å². The van der Waals surface area contributed by atoms with Gasteiger partial charge in [0.25, 0.3) is 0 Å². The molecule has 0 fully saturated rings. The highest BCUT2D eigenvalue weighted by Crippen LogP contribution is 2.21. The smallest absolute Gasteiger partial charge is 0.119 e. The molecule has 1 aromatic rings. The average Bonchev–Trinajstić information content (AvgIpc) is 2.38. The Morgan fingerprint density at radius 3 is 2.82 bits per heavy atom. The van der Waals surface area contributed by atoms with Crippen molar-refractivity contribution in [3.63, 3.8) is 0 Å². The van der Waals surface area contributed by atoms with Crippen molar-refractivity contribution >= 4 is 0 Å². The summed E-state index contributed by atoms with van der Waals surface area (Å²) in [5.74, 6) is 0.877. The van der Waals surface area contributed by atoms with Gasteiger partial charge in [-0.1, -0.05) is 25.5 Å². The lowest BCUT2D eigenvalue weighted by atomic mass is 10.1. The second-order valence-corrected chi connectivity index (χ2v) is 4.05. The molecule has 1 unspecified atom stereocenters. The highest BCUT2D eigenvalue weighted by molar-refractivity contribution is 5.30. The molecule has 96 valence electrons. The molecule has 0 aromatic heterocycles. The van der Waals surface area contributed by atoms with E-state index >= 15 is 0 Å². The normalized spacial score (nSPS) is 12.4. The lowest BCUT2D eigenvalue weighted by molar-refractivity contribution is 0.0518. The van der Waals surface area contributed by atoms with Crippen LogP contribution in [-0.2, 0) is 4.74 Å². The second kappa shape index (κ2) is 8.09. The number of ether oxygens (including phenoxy) is 2. The van der Waals surface area contributed by atoms with Crippen molar-refractivity contribution in [2.45, 2.75) is 25.9 Å². The van der Waals surface area contributed by atoms with Gasteiger partial charge in [-0.15, -0.1) is 0 Å². The highest BCUT2D eigenvalue weighted by Gasteiger charge is 2.11. The second-order valence-electron chi connectivity index (χ2n) is 4.05. The zero-order valence-electron chi connectivity index (χ0n) is 11.0. The maximum Gasteiger partial charge on any atom is 0.119 e. The lowest BCUT2D eigenvalue weighted by Gasteiger charge is -2.18. The van der Waals surface area contributed by atoms with Gasteiger partial charge in [-0.3, -0.25) is 0 Å². The SMILES string of the molecule is CCCCOC(CNC)c1cccc(OC)c1. The first-order valence-corrected chi connectivity index (χ1v) is 6.22. The van der Waals surface area contributed by atoms with Crippen LogP contribution in [-0.4, -0.2) is 27.3 Å². The molecule has 1 rings (SSSR count). The summed E-state index contributed by atoms with van der Waals surface area (Å²) < 4.78 is 11.1. The molecule has 1 atom stereocenters. The molecular formula is C14H23NO2. The van der Waals surface area contributed by atoms with Crippen LogP contribution in [0.4, 0.5) is 0 Å². The molecule has 0 aliphatic heterocycles. The van der Waals surface area contributed by atoms with Crippen LogP contribution in [0.2, 0.25) is 0 Å². The number of benzene rings is 1. The molecule has 0 aliphatic carbocycles. The molecular weight excluding hydrogens is 214 g/mol. The maximum atomic E-state index is 5.89. The summed E-state index contributed by atoms with van der Waals surface area (Å²) >= 11 is 0. The van der Waals surface area contributed by atoms with E-state index in [0.717, 1.165) is 37.3 Å². The third-order valence-electron chi connectivity index (χ3n) is 2.67. The Labute approximate surface area is 104 Å². The average molecular weight is 237 g/mol. The van der Waals surface area contributed by atoms with Crippen molar-refractivity contribution in [3.05, 3.63) is 29.8 Å². The molecule has 0 saturated heterocycles. The minimum Gasteiger partial charge on any atom is -0.497 e. The number of nitrogens with one attached hydrogen (secondary N) is 1. The molecule has 0 saturated carbocycles. The van der Waals surface area contributed by atoms with Crippen LogP contribution in [0, 0.1) is 0 Å². The monoisotopic (exact) mass is 237 g/mol. The van der Waals surface area contributed by atoms with Crippen LogP contribution in [0.5, 0.6) is 5.75 Å². The summed E-state index contributed by atoms with van der Waals surface area (Å²) in [6, 6.07) is 8.07. The van der Waals surface area contributed by atoms with Crippen molar-refractivity contribution in [2.24, 2.45) is 0 Å². The van der Waals surface area contributed by atoms with Gasteiger partial charge in [0.2, 0.25) is 0 Å². The Kier molecular flexibility index (Phi) is 6.67. The van der Waals surface area contributed by atoms with Crippen molar-refractivity contribution in [1.29, 1.82) is 0 Å². The van der Waals surface area contributed by atoms with Crippen molar-refractivity contribution in [3.8, 4) is 5.75 Å². The Hall–Kier alpha value is -1.06. The van der Waals surface area contributed by atoms with Gasteiger partial charge in [-0.05, 0) is 31.2 Å². The van der Waals surface area contributed by atoms with E-state index < -0.39 is 0 Å². The minimum absolute atomic E-state index is 0.0987. The molecule has 0 amide bonds. The van der Waals surface area contributed by atoms with Gasteiger partial charge < -0.3 is 14.8 Å². The van der Waals surface area contributed by atoms with Crippen molar-refractivity contribution < 1.29 is 9.47 Å². The Morgan fingerprint density at radius 1 is 1.35 bits per heavy atom. The van der Waals surface area contributed by atoms with Crippen LogP contribution in [0.15, 0.2) is 24.3 Å². The number of hydrogen-bond donors (Lipinski definition) is 1. The fourth-order valence-electron chi connectivity index (χ4n) is 1.67. The molecule has 0 heterocycles. The van der Waals surface area contributed by atoms with Crippen LogP contribution in [0.3, 0.4) is 0 Å². The molecule has 3 heteroatoms. The van der Waals surface area contributed by atoms with Gasteiger partial charge in [0, 0.05) is 13.2 Å². The number of unbranched alkanes of at least 4 members (excludes halogenated alkanes) is 1. The van der Waals surface area contributed by atoms with Crippen molar-refractivity contribution in [2.75, 3.05) is 27.3 Å². The Morgan fingerprint density at radius 2 is 2.18 bits per heavy atom. The summed E-state index contributed by atoms with van der Waals surface area (Å²) in [5, 5.41) is 3.16. The van der Waals surface area contributed by atoms with Crippen LogP contribution in [0.25, 0.3) is 0 Å². The van der Waals surface area contributed by atoms with Gasteiger partial charge in [-0.25, -0.2) is 0 Å². The van der Waals surface area contributed by atoms with Gasteiger partial charge in [0.05, 0.1) is 13.2 Å². The van der Waals surface area contributed by atoms with E-state index in [1.165, 1.54) is 0 Å². The quantitative estimate of drug-likeness (QED) is 0.705. The van der Waals surface area contributed by atoms with Gasteiger partial charge >= 0.3 is 0 Å². The number of rotatable bonds is 8. The van der Waals surface area contributed by atoms with E-state index in [4.69, 9.17) is 9.47 Å². The van der Waals surface area contributed by atoms with Gasteiger partial charge in [-0.2, -0.15) is 0 Å². The molecule has 17 heavy (non-hydrogen) atoms. The first-order chi connectivity index (χ1) is 8.31. The summed E-state index contributed by atoms with van der Waals surface area (Å²) in [5.41, 5.74) is 1.16. The standard InChI is InChI=1S/C14H23NO2/c1-4-5-9-17-14(11-15-2)12-7-6-8-13(10-12)16-3/h6-8,10,14-15H,4-5,9,11H2,1-3H3. The first kappa shape index (κ1) is 14.0. The molecule has 3 nitrogen and oxygen atoms in total. The Bertz CT molecular complexity index is 315. The molecule has 1 aromatic carbocycles. The zero-order chi connectivity index (χ0) is 12.5. The van der Waals surface area contributed by atoms with Crippen LogP contribution >= 0.6 is 0 Å². The molecule has 0 spiro atoms. The summed E-state index contributed by atoms with van der Waals surface area (Å²) in [4.78, 5) is 0. The predicted molar refractivity (Wildman–Crippen MR) is 70.5 cm³/mol. The van der Waals surface area contributed by atoms with E-state index in [0.29, 0.717) is 0 Å². The highest BCUT2D eigenvalue weighted by atomic mass is 16.5. The summed E-state index contributed by atoms with van der Waals surface area (Å²) in [7, 11) is 3.63. The van der Waals surface area contributed by atoms with Gasteiger partial charge in [0.15, 0.2) is 0 Å². The maximum absolute atomic E-state index is 5.89. The van der Waals surface area contributed by atoms with Gasteiger partial charge in [0.1, 0.15) is 5.75 Å². The van der Waals surface area contributed by atoms with Crippen molar-refractivity contribution in [1.82, 2.24) is 5.32 Å². The first-order valence-electron chi connectivity index (χ1n) is 6.22. The number of hydrogen-bond acceptors (Lipinski definition) is 3. The fourth-order valence-corrected chi connectivity index (χ4v) is 1.67. The number of likely N-dealkylation sites (N-methyl/N-ethyl adjacent to an activating group) is 1. The zero-order valence-corrected chi connectivity index (χ0v) is 11.0. The van der Waals surface area contributed by atoms with E-state index in [1.807, 2.05) is 25.2 Å². The summed E-state index contributed by atoms with van der Waals surface area (Å²) in [6.45, 7) is 3.79. The predicted octanol–water partition coefficient (Wildman–Crippen LogP) is 2.77. The Balaban J connectivity index is 2.66. The van der Waals surface area contributed by atoms with Crippen LogP contribution in [0.1, 0.15) is 31.4 Å². The number of methoxy groups -OCH3 is 1. The third-order valence-corrected chi connectivity index (χ3v) is 2.67. The van der Waals surface area contributed by atoms with E-state index in [9.17, 15) is 0 Å². The molecule has 0 bridgehead atoms. The third kappa shape index (κ3) is 4.75. The van der Waals surface area contributed by atoms with E-state index in [-0.39, 0.29) is 6.10 Å². The fraction of sp³-hybridized carbons (Fsp3) is 0.571. The largest absolute Gasteiger partial charge is 0.497 e. The van der Waals surface area contributed by atoms with E-state index in [1.54, 1.807) is 7.11 Å². The minimum atomic E-state index is 0.0987. The molecule has 1 N–H and O–H groups in total. The summed E-state index contributed by atoms with van der Waals surface area (Å²) in [6.07, 6.45) is 2.36.